The van der Waals surface area contributed by atoms with Gasteiger partial charge >= 0.3 is 5.97 Å². The fourth-order valence-electron chi connectivity index (χ4n) is 3.38. The molecule has 1 aromatic carbocycles. The highest BCUT2D eigenvalue weighted by Crippen LogP contribution is 2.32. The Balaban J connectivity index is 2.00. The highest BCUT2D eigenvalue weighted by Gasteiger charge is 2.18. The summed E-state index contributed by atoms with van der Waals surface area (Å²) >= 11 is 0. The first-order valence-electron chi connectivity index (χ1n) is 10.9. The first-order valence-corrected chi connectivity index (χ1v) is 10.9. The molecule has 0 heterocycles. The normalized spacial score (nSPS) is 11.0. The van der Waals surface area contributed by atoms with Crippen LogP contribution in [0.4, 0.5) is 0 Å². The third kappa shape index (κ3) is 9.98. The van der Waals surface area contributed by atoms with Gasteiger partial charge in [-0.2, -0.15) is 0 Å². The van der Waals surface area contributed by atoms with Crippen molar-refractivity contribution in [1.82, 2.24) is 0 Å². The number of phenolic OH excluding ortho intramolecular Hbond substituents is 1. The summed E-state index contributed by atoms with van der Waals surface area (Å²) in [7, 11) is 0. The van der Waals surface area contributed by atoms with Crippen molar-refractivity contribution in [3.63, 3.8) is 0 Å². The van der Waals surface area contributed by atoms with E-state index in [2.05, 4.69) is 6.92 Å². The molecule has 5 heteroatoms. The summed E-state index contributed by atoms with van der Waals surface area (Å²) < 4.78 is 5.65. The molecule has 0 saturated carbocycles. The van der Waals surface area contributed by atoms with Crippen molar-refractivity contribution in [2.45, 2.75) is 90.4 Å². The van der Waals surface area contributed by atoms with Crippen LogP contribution in [0, 0.1) is 0 Å². The van der Waals surface area contributed by atoms with Crippen molar-refractivity contribution in [2.24, 2.45) is 0 Å². The van der Waals surface area contributed by atoms with E-state index in [1.54, 1.807) is 6.07 Å². The van der Waals surface area contributed by atoms with Gasteiger partial charge in [0.15, 0.2) is 11.5 Å². The Kier molecular flexibility index (Phi) is 13.2. The Morgan fingerprint density at radius 3 is 1.93 bits per heavy atom. The number of carbonyl (C=O) groups is 1. The molecule has 0 radical (unpaired) electrons. The van der Waals surface area contributed by atoms with Crippen LogP contribution in [0.15, 0.2) is 12.1 Å². The summed E-state index contributed by atoms with van der Waals surface area (Å²) in [5.41, 5.74) is 0.407. The average Bonchev–Trinajstić information content (AvgIpc) is 2.67. The number of hydrogen-bond acceptors (Lipinski definition) is 4. The molecule has 0 bridgehead atoms. The van der Waals surface area contributed by atoms with Gasteiger partial charge in [0.05, 0.1) is 0 Å². The van der Waals surface area contributed by atoms with Crippen molar-refractivity contribution in [3.05, 3.63) is 23.3 Å². The number of phenols is 2. The van der Waals surface area contributed by atoms with E-state index in [0.29, 0.717) is 12.0 Å². The Labute approximate surface area is 169 Å². The first kappa shape index (κ1) is 24.3. The molecule has 0 spiro atoms. The Morgan fingerprint density at radius 2 is 1.36 bits per heavy atom. The molecule has 1 aromatic rings. The van der Waals surface area contributed by atoms with Gasteiger partial charge < -0.3 is 20.1 Å². The summed E-state index contributed by atoms with van der Waals surface area (Å²) in [5, 5.41) is 28.4. The number of aromatic carboxylic acids is 1. The summed E-state index contributed by atoms with van der Waals surface area (Å²) in [5.74, 6) is -2.12. The van der Waals surface area contributed by atoms with Crippen LogP contribution in [0.25, 0.3) is 0 Å². The zero-order chi connectivity index (χ0) is 20.6. The molecular formula is C23H38O5. The Bertz CT molecular complexity index is 556. The van der Waals surface area contributed by atoms with E-state index < -0.39 is 11.7 Å². The van der Waals surface area contributed by atoms with Gasteiger partial charge in [0.25, 0.3) is 0 Å². The lowest BCUT2D eigenvalue weighted by molar-refractivity contribution is 0.0691. The molecule has 28 heavy (non-hydrogen) atoms. The number of carboxylic acids is 1. The summed E-state index contributed by atoms with van der Waals surface area (Å²) in [6.45, 7) is 4.01. The van der Waals surface area contributed by atoms with Gasteiger partial charge in [-0.25, -0.2) is 4.79 Å². The largest absolute Gasteiger partial charge is 0.504 e. The van der Waals surface area contributed by atoms with Crippen LogP contribution in [0.5, 0.6) is 11.5 Å². The van der Waals surface area contributed by atoms with Gasteiger partial charge in [-0.1, -0.05) is 70.8 Å². The van der Waals surface area contributed by atoms with Crippen molar-refractivity contribution in [3.8, 4) is 11.5 Å². The molecule has 0 aliphatic rings. The van der Waals surface area contributed by atoms with E-state index in [-0.39, 0.29) is 11.3 Å². The number of carboxylic acid groups (broad SMARTS) is 1. The fourth-order valence-corrected chi connectivity index (χ4v) is 3.38. The maximum atomic E-state index is 11.3. The maximum Gasteiger partial charge on any atom is 0.339 e. The molecular weight excluding hydrogens is 356 g/mol. The monoisotopic (exact) mass is 394 g/mol. The van der Waals surface area contributed by atoms with Crippen LogP contribution in [-0.2, 0) is 11.2 Å². The lowest BCUT2D eigenvalue weighted by Gasteiger charge is -2.09. The van der Waals surface area contributed by atoms with E-state index >= 15 is 0 Å². The number of benzene rings is 1. The van der Waals surface area contributed by atoms with Crippen molar-refractivity contribution in [1.29, 1.82) is 0 Å². The Morgan fingerprint density at radius 1 is 0.821 bits per heavy atom. The zero-order valence-corrected chi connectivity index (χ0v) is 17.4. The molecule has 0 aromatic heterocycles. The fraction of sp³-hybridized carbons (Fsp3) is 0.696. The number of rotatable bonds is 17. The van der Waals surface area contributed by atoms with Crippen LogP contribution < -0.4 is 0 Å². The summed E-state index contributed by atoms with van der Waals surface area (Å²) in [6.07, 6.45) is 14.8. The quantitative estimate of drug-likeness (QED) is 0.221. The number of aryl methyl sites for hydroxylation is 1. The van der Waals surface area contributed by atoms with E-state index in [9.17, 15) is 20.1 Å². The highest BCUT2D eigenvalue weighted by molar-refractivity contribution is 5.93. The summed E-state index contributed by atoms with van der Waals surface area (Å²) in [4.78, 5) is 11.3. The van der Waals surface area contributed by atoms with E-state index in [4.69, 9.17) is 4.74 Å². The van der Waals surface area contributed by atoms with E-state index in [1.165, 1.54) is 57.4 Å². The minimum Gasteiger partial charge on any atom is -0.504 e. The molecule has 0 aliphatic heterocycles. The molecule has 0 unspecified atom stereocenters. The van der Waals surface area contributed by atoms with Crippen LogP contribution in [-0.4, -0.2) is 34.5 Å². The van der Waals surface area contributed by atoms with Crippen LogP contribution in [0.2, 0.25) is 0 Å². The minimum absolute atomic E-state index is 0.174. The van der Waals surface area contributed by atoms with Gasteiger partial charge in [0.1, 0.15) is 5.56 Å². The third-order valence-corrected chi connectivity index (χ3v) is 5.08. The van der Waals surface area contributed by atoms with Gasteiger partial charge in [0, 0.05) is 13.2 Å². The van der Waals surface area contributed by atoms with Crippen molar-refractivity contribution >= 4 is 5.97 Å². The first-order chi connectivity index (χ1) is 13.6. The second kappa shape index (κ2) is 15.2. The molecule has 0 fully saturated rings. The van der Waals surface area contributed by atoms with E-state index in [0.717, 1.165) is 38.9 Å². The molecule has 5 nitrogen and oxygen atoms in total. The minimum atomic E-state index is -1.20. The molecule has 0 amide bonds. The molecule has 160 valence electrons. The predicted octanol–water partition coefficient (Wildman–Crippen LogP) is 6.06. The highest BCUT2D eigenvalue weighted by atomic mass is 16.5. The van der Waals surface area contributed by atoms with Crippen LogP contribution in [0.3, 0.4) is 0 Å². The van der Waals surface area contributed by atoms with Gasteiger partial charge in [-0.05, 0) is 37.3 Å². The average molecular weight is 395 g/mol. The molecule has 1 rings (SSSR count). The van der Waals surface area contributed by atoms with Crippen molar-refractivity contribution in [2.75, 3.05) is 13.2 Å². The molecule has 0 saturated heterocycles. The van der Waals surface area contributed by atoms with Gasteiger partial charge in [-0.3, -0.25) is 0 Å². The van der Waals surface area contributed by atoms with Gasteiger partial charge in [0.2, 0.25) is 0 Å². The smallest absolute Gasteiger partial charge is 0.339 e. The van der Waals surface area contributed by atoms with Crippen molar-refractivity contribution < 1.29 is 24.9 Å². The SMILES string of the molecule is CCCCCCOCCCCCCCCCCc1ccc(O)c(O)c1C(=O)O. The lowest BCUT2D eigenvalue weighted by atomic mass is 9.99. The lowest BCUT2D eigenvalue weighted by Crippen LogP contribution is -2.03. The topological polar surface area (TPSA) is 87.0 Å². The van der Waals surface area contributed by atoms with E-state index in [1.807, 2.05) is 0 Å². The molecule has 3 N–H and O–H groups in total. The Hall–Kier alpha value is -1.75. The number of aromatic hydroxyl groups is 2. The summed E-state index contributed by atoms with van der Waals surface area (Å²) in [6, 6.07) is 2.94. The van der Waals surface area contributed by atoms with Crippen LogP contribution >= 0.6 is 0 Å². The number of unbranched alkanes of at least 4 members (excludes halogenated alkanes) is 10. The standard InChI is InChI=1S/C23H38O5/c1-2-3-4-12-17-28-18-13-10-8-6-5-7-9-11-14-19-15-16-20(24)22(25)21(19)23(26)27/h15-16,24-25H,2-14,17-18H2,1H3,(H,26,27). The molecule has 0 atom stereocenters. The number of hydrogen-bond donors (Lipinski definition) is 3. The second-order valence-electron chi connectivity index (χ2n) is 7.52. The number of ether oxygens (including phenoxy) is 1. The van der Waals surface area contributed by atoms with Gasteiger partial charge in [-0.15, -0.1) is 0 Å². The zero-order valence-electron chi connectivity index (χ0n) is 17.4. The van der Waals surface area contributed by atoms with Crippen LogP contribution in [0.1, 0.15) is 99.9 Å². The predicted molar refractivity (Wildman–Crippen MR) is 112 cm³/mol. The maximum absolute atomic E-state index is 11.3. The molecule has 0 aliphatic carbocycles. The third-order valence-electron chi connectivity index (χ3n) is 5.08. The second-order valence-corrected chi connectivity index (χ2v) is 7.52.